The van der Waals surface area contributed by atoms with E-state index < -0.39 is 18.0 Å². The van der Waals surface area contributed by atoms with Crippen LogP contribution in [0.4, 0.5) is 0 Å². The molecule has 6 nitrogen and oxygen atoms in total. The molecule has 1 aromatic carbocycles. The molecule has 0 fully saturated rings. The summed E-state index contributed by atoms with van der Waals surface area (Å²) in [6, 6.07) is 17.1. The number of benzene rings is 1. The summed E-state index contributed by atoms with van der Waals surface area (Å²) in [6.07, 6.45) is 3.09. The number of hydrogen-bond acceptors (Lipinski definition) is 4. The summed E-state index contributed by atoms with van der Waals surface area (Å²) < 4.78 is 5.04. The number of aromatic nitrogens is 1. The van der Waals surface area contributed by atoms with Gasteiger partial charge in [0.15, 0.2) is 5.76 Å². The highest BCUT2D eigenvalue weighted by Crippen LogP contribution is 2.20. The molecule has 6 heteroatoms. The van der Waals surface area contributed by atoms with E-state index >= 15 is 0 Å². The molecule has 0 aliphatic carbocycles. The van der Waals surface area contributed by atoms with E-state index in [0.717, 1.165) is 11.3 Å². The molecule has 3 rings (SSSR count). The molecule has 2 atom stereocenters. The van der Waals surface area contributed by atoms with Crippen molar-refractivity contribution < 1.29 is 14.0 Å². The molecule has 2 unspecified atom stereocenters. The van der Waals surface area contributed by atoms with Gasteiger partial charge in [-0.15, -0.1) is 0 Å². The van der Waals surface area contributed by atoms with E-state index in [1.165, 1.54) is 6.26 Å². The molecule has 0 aliphatic rings. The van der Waals surface area contributed by atoms with E-state index in [2.05, 4.69) is 15.6 Å². The molecule has 0 radical (unpaired) electrons. The first-order valence-corrected chi connectivity index (χ1v) is 8.26. The summed E-state index contributed by atoms with van der Waals surface area (Å²) in [5.41, 5.74) is 1.63. The van der Waals surface area contributed by atoms with Gasteiger partial charge in [0.05, 0.1) is 18.0 Å². The molecule has 2 heterocycles. The second-order valence-corrected chi connectivity index (χ2v) is 5.78. The fraction of sp³-hybridized carbons (Fsp3) is 0.150. The number of pyridine rings is 1. The maximum absolute atomic E-state index is 12.6. The van der Waals surface area contributed by atoms with Gasteiger partial charge in [-0.2, -0.15) is 0 Å². The lowest BCUT2D eigenvalue weighted by Crippen LogP contribution is -2.46. The maximum atomic E-state index is 12.6. The number of carbonyl (C=O) groups is 2. The van der Waals surface area contributed by atoms with Gasteiger partial charge in [-0.1, -0.05) is 36.4 Å². The Balaban J connectivity index is 1.74. The second kappa shape index (κ2) is 8.11. The van der Waals surface area contributed by atoms with Crippen molar-refractivity contribution in [3.63, 3.8) is 0 Å². The third kappa shape index (κ3) is 4.16. The first-order chi connectivity index (χ1) is 12.6. The van der Waals surface area contributed by atoms with Crippen LogP contribution < -0.4 is 10.6 Å². The summed E-state index contributed by atoms with van der Waals surface area (Å²) in [5.74, 6) is -0.592. The SMILES string of the molecule is CC(NC(=O)c1ccco1)C(=O)NC(c1ccccc1)c1ccccn1. The van der Waals surface area contributed by atoms with Crippen molar-refractivity contribution >= 4 is 11.8 Å². The zero-order valence-corrected chi connectivity index (χ0v) is 14.3. The monoisotopic (exact) mass is 349 g/mol. The van der Waals surface area contributed by atoms with E-state index in [-0.39, 0.29) is 11.7 Å². The first kappa shape index (κ1) is 17.4. The maximum Gasteiger partial charge on any atom is 0.287 e. The van der Waals surface area contributed by atoms with Gasteiger partial charge in [0.2, 0.25) is 5.91 Å². The Labute approximate surface area is 151 Å². The van der Waals surface area contributed by atoms with E-state index in [0.29, 0.717) is 0 Å². The van der Waals surface area contributed by atoms with Crippen molar-refractivity contribution in [3.8, 4) is 0 Å². The van der Waals surface area contributed by atoms with Gasteiger partial charge in [0.1, 0.15) is 6.04 Å². The predicted molar refractivity (Wildman–Crippen MR) is 96.3 cm³/mol. The van der Waals surface area contributed by atoms with Crippen LogP contribution in [0.25, 0.3) is 0 Å². The molecular formula is C20H19N3O3. The van der Waals surface area contributed by atoms with Crippen LogP contribution in [0.5, 0.6) is 0 Å². The quantitative estimate of drug-likeness (QED) is 0.717. The van der Waals surface area contributed by atoms with Crippen LogP contribution in [0, 0.1) is 0 Å². The number of nitrogens with zero attached hydrogens (tertiary/aromatic N) is 1. The van der Waals surface area contributed by atoms with Crippen molar-refractivity contribution in [1.82, 2.24) is 15.6 Å². The highest BCUT2D eigenvalue weighted by Gasteiger charge is 2.23. The van der Waals surface area contributed by atoms with Crippen molar-refractivity contribution in [3.05, 3.63) is 90.1 Å². The molecule has 3 aromatic rings. The zero-order chi connectivity index (χ0) is 18.4. The fourth-order valence-electron chi connectivity index (χ4n) is 2.53. The molecule has 26 heavy (non-hydrogen) atoms. The smallest absolute Gasteiger partial charge is 0.287 e. The topological polar surface area (TPSA) is 84.2 Å². The molecule has 2 amide bonds. The minimum absolute atomic E-state index is 0.161. The van der Waals surface area contributed by atoms with Crippen LogP contribution in [-0.2, 0) is 4.79 Å². The average molecular weight is 349 g/mol. The Kier molecular flexibility index (Phi) is 5.43. The Morgan fingerprint density at radius 1 is 0.962 bits per heavy atom. The van der Waals surface area contributed by atoms with E-state index in [1.54, 1.807) is 25.3 Å². The predicted octanol–water partition coefficient (Wildman–Crippen LogP) is 2.70. The molecule has 0 spiro atoms. The summed E-state index contributed by atoms with van der Waals surface area (Å²) in [7, 11) is 0. The number of carbonyl (C=O) groups excluding carboxylic acids is 2. The summed E-state index contributed by atoms with van der Waals surface area (Å²) >= 11 is 0. The molecule has 2 N–H and O–H groups in total. The number of hydrogen-bond donors (Lipinski definition) is 2. The highest BCUT2D eigenvalue weighted by atomic mass is 16.3. The lowest BCUT2D eigenvalue weighted by molar-refractivity contribution is -0.123. The minimum atomic E-state index is -0.734. The Morgan fingerprint density at radius 3 is 2.38 bits per heavy atom. The molecule has 0 bridgehead atoms. The zero-order valence-electron chi connectivity index (χ0n) is 14.3. The van der Waals surface area contributed by atoms with Gasteiger partial charge in [0.25, 0.3) is 5.91 Å². The average Bonchev–Trinajstić information content (AvgIpc) is 3.22. The van der Waals surface area contributed by atoms with Crippen LogP contribution in [-0.4, -0.2) is 22.8 Å². The van der Waals surface area contributed by atoms with Gasteiger partial charge in [-0.05, 0) is 36.8 Å². The van der Waals surface area contributed by atoms with E-state index in [1.807, 2.05) is 48.5 Å². The van der Waals surface area contributed by atoms with Gasteiger partial charge in [-0.25, -0.2) is 0 Å². The molecule has 2 aromatic heterocycles. The van der Waals surface area contributed by atoms with Crippen molar-refractivity contribution in [1.29, 1.82) is 0 Å². The second-order valence-electron chi connectivity index (χ2n) is 5.78. The normalized spacial score (nSPS) is 12.8. The molecule has 0 saturated carbocycles. The minimum Gasteiger partial charge on any atom is -0.459 e. The third-order valence-electron chi connectivity index (χ3n) is 3.89. The Morgan fingerprint density at radius 2 is 1.73 bits per heavy atom. The van der Waals surface area contributed by atoms with Gasteiger partial charge in [0, 0.05) is 6.20 Å². The molecule has 132 valence electrons. The summed E-state index contributed by atoms with van der Waals surface area (Å²) in [4.78, 5) is 29.0. The van der Waals surface area contributed by atoms with E-state index in [4.69, 9.17) is 4.42 Å². The third-order valence-corrected chi connectivity index (χ3v) is 3.89. The fourth-order valence-corrected chi connectivity index (χ4v) is 2.53. The molecular weight excluding hydrogens is 330 g/mol. The van der Waals surface area contributed by atoms with Crippen LogP contribution in [0.15, 0.2) is 77.5 Å². The highest BCUT2D eigenvalue weighted by molar-refractivity contribution is 5.95. The Bertz CT molecular complexity index is 809. The van der Waals surface area contributed by atoms with Crippen LogP contribution >= 0.6 is 0 Å². The lowest BCUT2D eigenvalue weighted by Gasteiger charge is -2.21. The number of furan rings is 1. The molecule has 0 aliphatic heterocycles. The molecule has 0 saturated heterocycles. The summed E-state index contributed by atoms with van der Waals surface area (Å²) in [6.45, 7) is 1.62. The van der Waals surface area contributed by atoms with Gasteiger partial charge < -0.3 is 15.1 Å². The van der Waals surface area contributed by atoms with Crippen LogP contribution in [0.1, 0.15) is 34.8 Å². The van der Waals surface area contributed by atoms with Crippen molar-refractivity contribution in [2.45, 2.75) is 19.0 Å². The number of nitrogens with one attached hydrogen (secondary N) is 2. The summed E-state index contributed by atoms with van der Waals surface area (Å²) in [5, 5.41) is 5.58. The van der Waals surface area contributed by atoms with Crippen molar-refractivity contribution in [2.75, 3.05) is 0 Å². The van der Waals surface area contributed by atoms with E-state index in [9.17, 15) is 9.59 Å². The van der Waals surface area contributed by atoms with Crippen LogP contribution in [0.2, 0.25) is 0 Å². The standard InChI is InChI=1S/C20H19N3O3/c1-14(22-20(25)17-11-7-13-26-17)19(24)23-18(15-8-3-2-4-9-15)16-10-5-6-12-21-16/h2-14,18H,1H3,(H,22,25)(H,23,24). The first-order valence-electron chi connectivity index (χ1n) is 8.26. The van der Waals surface area contributed by atoms with Crippen molar-refractivity contribution in [2.24, 2.45) is 0 Å². The number of rotatable bonds is 6. The van der Waals surface area contributed by atoms with Gasteiger partial charge >= 0.3 is 0 Å². The Hall–Kier alpha value is -3.41. The van der Waals surface area contributed by atoms with Crippen LogP contribution in [0.3, 0.4) is 0 Å². The van der Waals surface area contributed by atoms with Gasteiger partial charge in [-0.3, -0.25) is 14.6 Å². The number of amides is 2. The largest absolute Gasteiger partial charge is 0.459 e. The lowest BCUT2D eigenvalue weighted by atomic mass is 10.0.